The first-order chi connectivity index (χ1) is 8.59. The molecule has 0 atom stereocenters. The minimum Gasteiger partial charge on any atom is -0.329 e. The Hall–Kier alpha value is -0.570. The van der Waals surface area contributed by atoms with Gasteiger partial charge in [-0.1, -0.05) is 42.5 Å². The number of rotatable bonds is 3. The van der Waals surface area contributed by atoms with Gasteiger partial charge in [-0.2, -0.15) is 0 Å². The average molecular weight is 286 g/mol. The molecule has 98 valence electrons. The maximum Gasteiger partial charge on any atom is 0.171 e. The quantitative estimate of drug-likeness (QED) is 0.850. The summed E-state index contributed by atoms with van der Waals surface area (Å²) in [5.74, 6) is 0.0530. The smallest absolute Gasteiger partial charge is 0.171 e. The van der Waals surface area contributed by atoms with Crippen LogP contribution in [-0.2, 0) is 0 Å². The summed E-state index contributed by atoms with van der Waals surface area (Å²) < 4.78 is 0. The fourth-order valence-corrected chi connectivity index (χ4v) is 3.09. The lowest BCUT2D eigenvalue weighted by Crippen LogP contribution is -2.40. The van der Waals surface area contributed by atoms with Crippen molar-refractivity contribution in [3.05, 3.63) is 33.8 Å². The number of halogens is 2. The summed E-state index contributed by atoms with van der Waals surface area (Å²) in [5, 5.41) is 0.994. The van der Waals surface area contributed by atoms with Crippen LogP contribution in [0.5, 0.6) is 0 Å². The maximum atomic E-state index is 12.7. The van der Waals surface area contributed by atoms with Gasteiger partial charge < -0.3 is 5.73 Å². The van der Waals surface area contributed by atoms with Crippen LogP contribution in [0.15, 0.2) is 18.2 Å². The zero-order valence-corrected chi connectivity index (χ0v) is 11.7. The van der Waals surface area contributed by atoms with Crippen molar-refractivity contribution < 1.29 is 4.79 Å². The SMILES string of the molecule is NCC1(C(=O)c2cc(Cl)ccc2Cl)CCCCC1. The van der Waals surface area contributed by atoms with Gasteiger partial charge in [0.25, 0.3) is 0 Å². The summed E-state index contributed by atoms with van der Waals surface area (Å²) in [6.45, 7) is 0.384. The number of nitrogens with two attached hydrogens (primary N) is 1. The van der Waals surface area contributed by atoms with Crippen molar-refractivity contribution >= 4 is 29.0 Å². The molecule has 0 radical (unpaired) electrons. The molecule has 1 aromatic rings. The van der Waals surface area contributed by atoms with Gasteiger partial charge >= 0.3 is 0 Å². The number of Topliss-reactive ketones (excluding diaryl/α,β-unsaturated/α-hetero) is 1. The van der Waals surface area contributed by atoms with Gasteiger partial charge in [0, 0.05) is 22.5 Å². The lowest BCUT2D eigenvalue weighted by Gasteiger charge is -2.35. The highest BCUT2D eigenvalue weighted by Crippen LogP contribution is 2.39. The van der Waals surface area contributed by atoms with Crippen LogP contribution in [0, 0.1) is 5.41 Å². The van der Waals surface area contributed by atoms with Gasteiger partial charge in [0.1, 0.15) is 0 Å². The standard InChI is InChI=1S/C14H17Cl2NO/c15-10-4-5-12(16)11(8-10)13(18)14(9-17)6-2-1-3-7-14/h4-5,8H,1-3,6-7,9,17H2. The number of carbonyl (C=O) groups excluding carboxylic acids is 1. The predicted octanol–water partition coefficient (Wildman–Crippen LogP) is 4.09. The average Bonchev–Trinajstić information content (AvgIpc) is 2.41. The van der Waals surface area contributed by atoms with Gasteiger partial charge in [0.2, 0.25) is 0 Å². The zero-order chi connectivity index (χ0) is 13.2. The first-order valence-corrected chi connectivity index (χ1v) is 7.04. The summed E-state index contributed by atoms with van der Waals surface area (Å²) in [5.41, 5.74) is 5.94. The Balaban J connectivity index is 2.36. The molecule has 0 aliphatic heterocycles. The number of benzene rings is 1. The Morgan fingerprint density at radius 1 is 1.22 bits per heavy atom. The van der Waals surface area contributed by atoms with E-state index in [1.807, 2.05) is 0 Å². The van der Waals surface area contributed by atoms with Crippen molar-refractivity contribution in [2.45, 2.75) is 32.1 Å². The predicted molar refractivity (Wildman–Crippen MR) is 75.4 cm³/mol. The first-order valence-electron chi connectivity index (χ1n) is 6.29. The minimum atomic E-state index is -0.438. The first kappa shape index (κ1) is 13.9. The van der Waals surface area contributed by atoms with E-state index < -0.39 is 5.41 Å². The molecule has 0 heterocycles. The summed E-state index contributed by atoms with van der Waals surface area (Å²) in [6, 6.07) is 5.01. The normalized spacial score (nSPS) is 18.6. The van der Waals surface area contributed by atoms with Crippen molar-refractivity contribution in [3.63, 3.8) is 0 Å². The third-order valence-electron chi connectivity index (χ3n) is 3.86. The fourth-order valence-electron chi connectivity index (χ4n) is 2.71. The van der Waals surface area contributed by atoms with Crippen molar-refractivity contribution in [2.75, 3.05) is 6.54 Å². The lowest BCUT2D eigenvalue weighted by molar-refractivity contribution is 0.0729. The van der Waals surface area contributed by atoms with E-state index in [1.165, 1.54) is 6.42 Å². The van der Waals surface area contributed by atoms with Crippen molar-refractivity contribution in [1.29, 1.82) is 0 Å². The van der Waals surface area contributed by atoms with Crippen LogP contribution in [0.3, 0.4) is 0 Å². The molecule has 0 aromatic heterocycles. The largest absolute Gasteiger partial charge is 0.329 e. The van der Waals surface area contributed by atoms with Gasteiger partial charge in [-0.25, -0.2) is 0 Å². The Kier molecular flexibility index (Phi) is 4.31. The Labute approximate surface area is 117 Å². The van der Waals surface area contributed by atoms with Gasteiger partial charge in [-0.05, 0) is 31.0 Å². The van der Waals surface area contributed by atoms with Crippen LogP contribution in [0.4, 0.5) is 0 Å². The topological polar surface area (TPSA) is 43.1 Å². The number of hydrogen-bond acceptors (Lipinski definition) is 2. The Bertz CT molecular complexity index is 453. The molecule has 1 aliphatic carbocycles. The molecule has 18 heavy (non-hydrogen) atoms. The molecule has 0 amide bonds. The number of ketones is 1. The molecule has 2 N–H and O–H groups in total. The molecule has 2 rings (SSSR count). The molecule has 4 heteroatoms. The second kappa shape index (κ2) is 5.60. The van der Waals surface area contributed by atoms with Crippen molar-refractivity contribution in [1.82, 2.24) is 0 Å². The van der Waals surface area contributed by atoms with Crippen LogP contribution in [0.1, 0.15) is 42.5 Å². The van der Waals surface area contributed by atoms with Gasteiger partial charge in [-0.15, -0.1) is 0 Å². The molecular formula is C14H17Cl2NO. The highest BCUT2D eigenvalue weighted by molar-refractivity contribution is 6.36. The van der Waals surface area contributed by atoms with Gasteiger partial charge in [0.05, 0.1) is 5.02 Å². The van der Waals surface area contributed by atoms with E-state index in [0.717, 1.165) is 25.7 Å². The third kappa shape index (κ3) is 2.56. The van der Waals surface area contributed by atoms with E-state index in [2.05, 4.69) is 0 Å². The van der Waals surface area contributed by atoms with E-state index in [1.54, 1.807) is 18.2 Å². The minimum absolute atomic E-state index is 0.0530. The van der Waals surface area contributed by atoms with Crippen LogP contribution < -0.4 is 5.73 Å². The highest BCUT2D eigenvalue weighted by atomic mass is 35.5. The van der Waals surface area contributed by atoms with E-state index in [-0.39, 0.29) is 5.78 Å². The number of hydrogen-bond donors (Lipinski definition) is 1. The van der Waals surface area contributed by atoms with Gasteiger partial charge in [0.15, 0.2) is 5.78 Å². The molecular weight excluding hydrogens is 269 g/mol. The molecule has 1 saturated carbocycles. The molecule has 0 spiro atoms. The monoisotopic (exact) mass is 285 g/mol. The van der Waals surface area contributed by atoms with Crippen LogP contribution in [-0.4, -0.2) is 12.3 Å². The van der Waals surface area contributed by atoms with E-state index >= 15 is 0 Å². The summed E-state index contributed by atoms with van der Waals surface area (Å²) in [4.78, 5) is 12.7. The lowest BCUT2D eigenvalue weighted by atomic mass is 9.69. The van der Waals surface area contributed by atoms with E-state index in [4.69, 9.17) is 28.9 Å². The van der Waals surface area contributed by atoms with Crippen LogP contribution in [0.2, 0.25) is 10.0 Å². The fraction of sp³-hybridized carbons (Fsp3) is 0.500. The van der Waals surface area contributed by atoms with Crippen molar-refractivity contribution in [2.24, 2.45) is 11.1 Å². The molecule has 0 unspecified atom stereocenters. The molecule has 1 aromatic carbocycles. The molecule has 0 bridgehead atoms. The Morgan fingerprint density at radius 2 is 1.89 bits per heavy atom. The summed E-state index contributed by atoms with van der Waals surface area (Å²) >= 11 is 12.1. The third-order valence-corrected chi connectivity index (χ3v) is 4.42. The van der Waals surface area contributed by atoms with Crippen LogP contribution >= 0.6 is 23.2 Å². The Morgan fingerprint density at radius 3 is 2.50 bits per heavy atom. The second-order valence-electron chi connectivity index (χ2n) is 5.00. The van der Waals surface area contributed by atoms with E-state index in [9.17, 15) is 4.79 Å². The molecule has 1 fully saturated rings. The van der Waals surface area contributed by atoms with Crippen molar-refractivity contribution in [3.8, 4) is 0 Å². The molecule has 1 aliphatic rings. The van der Waals surface area contributed by atoms with Crippen LogP contribution in [0.25, 0.3) is 0 Å². The molecule has 2 nitrogen and oxygen atoms in total. The summed E-state index contributed by atoms with van der Waals surface area (Å²) in [6.07, 6.45) is 5.00. The molecule has 0 saturated heterocycles. The highest BCUT2D eigenvalue weighted by Gasteiger charge is 2.39. The van der Waals surface area contributed by atoms with E-state index in [0.29, 0.717) is 22.2 Å². The van der Waals surface area contributed by atoms with Gasteiger partial charge in [-0.3, -0.25) is 4.79 Å². The zero-order valence-electron chi connectivity index (χ0n) is 10.2. The second-order valence-corrected chi connectivity index (χ2v) is 5.84. The number of carbonyl (C=O) groups is 1. The summed E-state index contributed by atoms with van der Waals surface area (Å²) in [7, 11) is 0. The maximum absolute atomic E-state index is 12.7.